The topological polar surface area (TPSA) is 32.7 Å². The van der Waals surface area contributed by atoms with Crippen molar-refractivity contribution >= 4 is 5.69 Å². The Morgan fingerprint density at radius 3 is 2.67 bits per heavy atom. The van der Waals surface area contributed by atoms with Crippen LogP contribution in [0.2, 0.25) is 0 Å². The SMILES string of the molecule is COc1cccc(N(C)CC2CC2C)c1[C@H](C)O. The number of methoxy groups -OCH3 is 1. The Bertz CT molecular complexity index is 417. The van der Waals surface area contributed by atoms with Gasteiger partial charge in [0.05, 0.1) is 13.2 Å². The van der Waals surface area contributed by atoms with E-state index in [0.29, 0.717) is 0 Å². The standard InChI is InChI=1S/C15H23NO2/c1-10-8-12(10)9-16(3)13-6-5-7-14(18-4)15(13)11(2)17/h5-7,10-12,17H,8-9H2,1-4H3/t10?,11-,12?/m0/s1. The van der Waals surface area contributed by atoms with Crippen LogP contribution in [0.1, 0.15) is 31.9 Å². The van der Waals surface area contributed by atoms with Crippen LogP contribution >= 0.6 is 0 Å². The molecule has 100 valence electrons. The molecule has 2 unspecified atom stereocenters. The fourth-order valence-electron chi connectivity index (χ4n) is 2.57. The van der Waals surface area contributed by atoms with Crippen LogP contribution in [0.25, 0.3) is 0 Å². The zero-order valence-corrected chi connectivity index (χ0v) is 11.7. The Labute approximate surface area is 109 Å². The summed E-state index contributed by atoms with van der Waals surface area (Å²) >= 11 is 0. The number of anilines is 1. The molecule has 0 bridgehead atoms. The summed E-state index contributed by atoms with van der Waals surface area (Å²) in [6.45, 7) is 5.13. The average Bonchev–Trinajstić information content (AvgIpc) is 3.03. The molecule has 0 heterocycles. The number of aliphatic hydroxyl groups excluding tert-OH is 1. The molecule has 3 nitrogen and oxygen atoms in total. The largest absolute Gasteiger partial charge is 0.496 e. The third-order valence-electron chi connectivity index (χ3n) is 3.88. The van der Waals surface area contributed by atoms with Gasteiger partial charge in [-0.2, -0.15) is 0 Å². The first-order valence-corrected chi connectivity index (χ1v) is 6.60. The van der Waals surface area contributed by atoms with E-state index in [9.17, 15) is 5.11 Å². The number of nitrogens with zero attached hydrogens (tertiary/aromatic N) is 1. The highest BCUT2D eigenvalue weighted by molar-refractivity contribution is 5.60. The van der Waals surface area contributed by atoms with Gasteiger partial charge in [-0.1, -0.05) is 13.0 Å². The van der Waals surface area contributed by atoms with Crippen LogP contribution in [0.15, 0.2) is 18.2 Å². The van der Waals surface area contributed by atoms with Crippen molar-refractivity contribution in [1.29, 1.82) is 0 Å². The van der Waals surface area contributed by atoms with Crippen molar-refractivity contribution in [3.63, 3.8) is 0 Å². The highest BCUT2D eigenvalue weighted by atomic mass is 16.5. The van der Waals surface area contributed by atoms with Crippen molar-refractivity contribution in [3.8, 4) is 5.75 Å². The van der Waals surface area contributed by atoms with Gasteiger partial charge in [0.25, 0.3) is 0 Å². The summed E-state index contributed by atoms with van der Waals surface area (Å²) < 4.78 is 5.35. The van der Waals surface area contributed by atoms with Crippen LogP contribution in [0, 0.1) is 11.8 Å². The van der Waals surface area contributed by atoms with E-state index in [0.717, 1.165) is 35.4 Å². The van der Waals surface area contributed by atoms with Gasteiger partial charge in [-0.25, -0.2) is 0 Å². The third-order valence-corrected chi connectivity index (χ3v) is 3.88. The Morgan fingerprint density at radius 1 is 1.50 bits per heavy atom. The number of hydrogen-bond acceptors (Lipinski definition) is 3. The van der Waals surface area contributed by atoms with Gasteiger partial charge < -0.3 is 14.7 Å². The summed E-state index contributed by atoms with van der Waals surface area (Å²) in [6, 6.07) is 5.93. The van der Waals surface area contributed by atoms with E-state index < -0.39 is 6.10 Å². The highest BCUT2D eigenvalue weighted by Gasteiger charge is 2.33. The van der Waals surface area contributed by atoms with Gasteiger partial charge in [0.2, 0.25) is 0 Å². The van der Waals surface area contributed by atoms with E-state index >= 15 is 0 Å². The van der Waals surface area contributed by atoms with E-state index in [-0.39, 0.29) is 0 Å². The molecule has 18 heavy (non-hydrogen) atoms. The summed E-state index contributed by atoms with van der Waals surface area (Å²) in [6.07, 6.45) is 0.799. The molecule has 1 aromatic carbocycles. The summed E-state index contributed by atoms with van der Waals surface area (Å²) in [4.78, 5) is 2.23. The molecule has 0 spiro atoms. The lowest BCUT2D eigenvalue weighted by atomic mass is 10.1. The molecule has 1 fully saturated rings. The second-order valence-corrected chi connectivity index (χ2v) is 5.42. The molecule has 1 aliphatic carbocycles. The first kappa shape index (κ1) is 13.2. The molecule has 1 aromatic rings. The molecule has 3 heteroatoms. The molecule has 0 radical (unpaired) electrons. The molecular formula is C15H23NO2. The minimum absolute atomic E-state index is 0.518. The van der Waals surface area contributed by atoms with E-state index in [1.54, 1.807) is 14.0 Å². The molecule has 1 saturated carbocycles. The Hall–Kier alpha value is -1.22. The van der Waals surface area contributed by atoms with Crippen LogP contribution in [0.4, 0.5) is 5.69 Å². The molecule has 1 N–H and O–H groups in total. The second-order valence-electron chi connectivity index (χ2n) is 5.42. The van der Waals surface area contributed by atoms with Crippen molar-refractivity contribution < 1.29 is 9.84 Å². The molecule has 0 saturated heterocycles. The number of aliphatic hydroxyl groups is 1. The van der Waals surface area contributed by atoms with Crippen LogP contribution in [0.3, 0.4) is 0 Å². The van der Waals surface area contributed by atoms with Crippen LogP contribution in [0.5, 0.6) is 5.75 Å². The summed E-state index contributed by atoms with van der Waals surface area (Å²) in [7, 11) is 3.74. The number of hydrogen-bond donors (Lipinski definition) is 1. The minimum atomic E-state index is -0.518. The molecule has 1 aliphatic rings. The maximum Gasteiger partial charge on any atom is 0.126 e. The average molecular weight is 249 g/mol. The van der Waals surface area contributed by atoms with Gasteiger partial charge in [-0.05, 0) is 37.3 Å². The first-order valence-electron chi connectivity index (χ1n) is 6.60. The van der Waals surface area contributed by atoms with Gasteiger partial charge in [0, 0.05) is 24.8 Å². The summed E-state index contributed by atoms with van der Waals surface area (Å²) in [5.41, 5.74) is 1.96. The monoisotopic (exact) mass is 249 g/mol. The number of benzene rings is 1. The number of ether oxygens (including phenoxy) is 1. The van der Waals surface area contributed by atoms with Gasteiger partial charge in [-0.3, -0.25) is 0 Å². The van der Waals surface area contributed by atoms with Gasteiger partial charge in [0.15, 0.2) is 0 Å². The molecule has 0 aromatic heterocycles. The predicted octanol–water partition coefficient (Wildman–Crippen LogP) is 2.84. The molecule has 0 amide bonds. The normalized spacial score (nSPS) is 23.6. The summed E-state index contributed by atoms with van der Waals surface area (Å²) in [5, 5.41) is 9.96. The van der Waals surface area contributed by atoms with E-state index in [4.69, 9.17) is 4.74 Å². The maximum absolute atomic E-state index is 9.96. The van der Waals surface area contributed by atoms with Crippen molar-refractivity contribution in [3.05, 3.63) is 23.8 Å². The quantitative estimate of drug-likeness (QED) is 0.871. The van der Waals surface area contributed by atoms with Crippen LogP contribution in [-0.4, -0.2) is 25.8 Å². The predicted molar refractivity (Wildman–Crippen MR) is 74.2 cm³/mol. The first-order chi connectivity index (χ1) is 8.54. The van der Waals surface area contributed by atoms with Crippen LogP contribution in [-0.2, 0) is 0 Å². The summed E-state index contributed by atoms with van der Waals surface area (Å²) in [5.74, 6) is 2.40. The lowest BCUT2D eigenvalue weighted by Crippen LogP contribution is -2.22. The van der Waals surface area contributed by atoms with Crippen molar-refractivity contribution in [2.24, 2.45) is 11.8 Å². The molecule has 2 rings (SSSR count). The highest BCUT2D eigenvalue weighted by Crippen LogP contribution is 2.40. The molecular weight excluding hydrogens is 226 g/mol. The Kier molecular flexibility index (Phi) is 3.81. The lowest BCUT2D eigenvalue weighted by Gasteiger charge is -2.25. The lowest BCUT2D eigenvalue weighted by molar-refractivity contribution is 0.194. The molecule has 0 aliphatic heterocycles. The smallest absolute Gasteiger partial charge is 0.126 e. The van der Waals surface area contributed by atoms with Crippen molar-refractivity contribution in [2.75, 3.05) is 25.6 Å². The van der Waals surface area contributed by atoms with E-state index in [1.807, 2.05) is 12.1 Å². The second kappa shape index (κ2) is 5.19. The van der Waals surface area contributed by atoms with Gasteiger partial charge in [0.1, 0.15) is 5.75 Å². The fourth-order valence-corrected chi connectivity index (χ4v) is 2.57. The van der Waals surface area contributed by atoms with Crippen LogP contribution < -0.4 is 9.64 Å². The van der Waals surface area contributed by atoms with Crippen molar-refractivity contribution in [1.82, 2.24) is 0 Å². The van der Waals surface area contributed by atoms with Gasteiger partial charge in [-0.15, -0.1) is 0 Å². The van der Waals surface area contributed by atoms with Crippen molar-refractivity contribution in [2.45, 2.75) is 26.4 Å². The van der Waals surface area contributed by atoms with E-state index in [1.165, 1.54) is 6.42 Å². The maximum atomic E-state index is 9.96. The Morgan fingerprint density at radius 2 is 2.17 bits per heavy atom. The third kappa shape index (κ3) is 2.61. The minimum Gasteiger partial charge on any atom is -0.496 e. The van der Waals surface area contributed by atoms with Gasteiger partial charge >= 0.3 is 0 Å². The zero-order chi connectivity index (χ0) is 13.3. The Balaban J connectivity index is 2.25. The number of rotatable bonds is 5. The van der Waals surface area contributed by atoms with E-state index in [2.05, 4.69) is 24.9 Å². The fraction of sp³-hybridized carbons (Fsp3) is 0.600. The molecule has 3 atom stereocenters. The zero-order valence-electron chi connectivity index (χ0n) is 11.7.